The summed E-state index contributed by atoms with van der Waals surface area (Å²) in [4.78, 5) is 11.0. The van der Waals surface area contributed by atoms with E-state index in [1.54, 1.807) is 25.3 Å². The third-order valence-electron chi connectivity index (χ3n) is 2.33. The number of hydrogen-bond acceptors (Lipinski definition) is 4. The van der Waals surface area contributed by atoms with Gasteiger partial charge in [-0.05, 0) is 12.1 Å². The first-order valence-corrected chi connectivity index (χ1v) is 5.39. The molecule has 1 atom stereocenters. The lowest BCUT2D eigenvalue weighted by atomic mass is 10.2. The molecule has 1 heterocycles. The summed E-state index contributed by atoms with van der Waals surface area (Å²) in [5.41, 5.74) is 0.638. The van der Waals surface area contributed by atoms with E-state index in [4.69, 9.17) is 14.2 Å². The van der Waals surface area contributed by atoms with Crippen LogP contribution >= 0.6 is 0 Å². The molecule has 1 saturated heterocycles. The summed E-state index contributed by atoms with van der Waals surface area (Å²) in [6.45, 7) is 2.68. The molecule has 0 radical (unpaired) electrons. The molecular formula is C12H15NO4. The van der Waals surface area contributed by atoms with Crippen molar-refractivity contribution < 1.29 is 19.0 Å². The van der Waals surface area contributed by atoms with Gasteiger partial charge in [0.25, 0.3) is 0 Å². The Balaban J connectivity index is 2.12. The Kier molecular flexibility index (Phi) is 3.49. The minimum Gasteiger partial charge on any atom is -0.497 e. The van der Waals surface area contributed by atoms with E-state index >= 15 is 0 Å². The largest absolute Gasteiger partial charge is 0.497 e. The van der Waals surface area contributed by atoms with Crippen molar-refractivity contribution in [2.24, 2.45) is 0 Å². The number of anilines is 1. The summed E-state index contributed by atoms with van der Waals surface area (Å²) in [7, 11) is 1.58. The highest BCUT2D eigenvalue weighted by atomic mass is 16.6. The van der Waals surface area contributed by atoms with Crippen molar-refractivity contribution in [1.29, 1.82) is 0 Å². The fraction of sp³-hybridized carbons (Fsp3) is 0.417. The summed E-state index contributed by atoms with van der Waals surface area (Å²) in [6, 6.07) is 5.27. The number of carbonyl (C=O) groups is 1. The van der Waals surface area contributed by atoms with Crippen LogP contribution in [0.4, 0.5) is 5.69 Å². The highest BCUT2D eigenvalue weighted by Gasteiger charge is 2.23. The molecule has 2 rings (SSSR count). The van der Waals surface area contributed by atoms with Crippen LogP contribution in [0, 0.1) is 0 Å². The van der Waals surface area contributed by atoms with Crippen LogP contribution in [0.15, 0.2) is 18.2 Å². The van der Waals surface area contributed by atoms with E-state index in [1.807, 2.05) is 0 Å². The lowest BCUT2D eigenvalue weighted by Gasteiger charge is -2.12. The second-order valence-corrected chi connectivity index (χ2v) is 3.81. The van der Waals surface area contributed by atoms with Crippen molar-refractivity contribution in [2.45, 2.75) is 13.0 Å². The van der Waals surface area contributed by atoms with Gasteiger partial charge in [-0.3, -0.25) is 4.79 Å². The first kappa shape index (κ1) is 11.7. The zero-order chi connectivity index (χ0) is 12.3. The molecule has 5 nitrogen and oxygen atoms in total. The average Bonchev–Trinajstić information content (AvgIpc) is 3.11. The molecular weight excluding hydrogens is 222 g/mol. The number of amides is 1. The lowest BCUT2D eigenvalue weighted by molar-refractivity contribution is -0.114. The smallest absolute Gasteiger partial charge is 0.221 e. The predicted octanol–water partition coefficient (Wildman–Crippen LogP) is 1.43. The zero-order valence-electron chi connectivity index (χ0n) is 9.86. The quantitative estimate of drug-likeness (QED) is 0.787. The van der Waals surface area contributed by atoms with Crippen molar-refractivity contribution in [1.82, 2.24) is 0 Å². The topological polar surface area (TPSA) is 60.1 Å². The van der Waals surface area contributed by atoms with Crippen molar-refractivity contribution in [3.8, 4) is 11.5 Å². The molecule has 1 aliphatic heterocycles. The van der Waals surface area contributed by atoms with Gasteiger partial charge in [0.05, 0.1) is 19.4 Å². The van der Waals surface area contributed by atoms with Gasteiger partial charge in [-0.2, -0.15) is 0 Å². The molecule has 0 saturated carbocycles. The Bertz CT molecular complexity index is 415. The molecule has 0 aromatic heterocycles. The normalized spacial score (nSPS) is 17.4. The summed E-state index contributed by atoms with van der Waals surface area (Å²) in [6.07, 6.45) is 0.173. The molecule has 1 N–H and O–H groups in total. The summed E-state index contributed by atoms with van der Waals surface area (Å²) in [5, 5.41) is 2.71. The summed E-state index contributed by atoms with van der Waals surface area (Å²) < 4.78 is 15.8. The number of nitrogens with one attached hydrogen (secondary N) is 1. The highest BCUT2D eigenvalue weighted by molar-refractivity contribution is 5.90. The predicted molar refractivity (Wildman–Crippen MR) is 62.5 cm³/mol. The molecule has 0 aliphatic carbocycles. The second kappa shape index (κ2) is 5.05. The number of methoxy groups -OCH3 is 1. The van der Waals surface area contributed by atoms with Crippen LogP contribution in [0.2, 0.25) is 0 Å². The molecule has 0 bridgehead atoms. The maximum atomic E-state index is 11.0. The standard InChI is InChI=1S/C12H15NO4/c1-8(14)13-11-4-3-9(15-2)5-12(11)17-7-10-6-16-10/h3-5,10H,6-7H2,1-2H3,(H,13,14). The minimum atomic E-state index is -0.136. The Morgan fingerprint density at radius 3 is 2.94 bits per heavy atom. The monoisotopic (exact) mass is 237 g/mol. The molecule has 1 aromatic rings. The highest BCUT2D eigenvalue weighted by Crippen LogP contribution is 2.30. The Morgan fingerprint density at radius 1 is 1.59 bits per heavy atom. The van der Waals surface area contributed by atoms with Gasteiger partial charge in [-0.15, -0.1) is 0 Å². The fourth-order valence-corrected chi connectivity index (χ4v) is 1.39. The third kappa shape index (κ3) is 3.35. The van der Waals surface area contributed by atoms with Crippen molar-refractivity contribution >= 4 is 11.6 Å². The van der Waals surface area contributed by atoms with Crippen LogP contribution in [-0.2, 0) is 9.53 Å². The summed E-state index contributed by atoms with van der Waals surface area (Å²) in [5.74, 6) is 1.14. The van der Waals surface area contributed by atoms with Gasteiger partial charge in [0.15, 0.2) is 0 Å². The van der Waals surface area contributed by atoms with Crippen molar-refractivity contribution in [3.05, 3.63) is 18.2 Å². The molecule has 1 aromatic carbocycles. The first-order valence-electron chi connectivity index (χ1n) is 5.39. The third-order valence-corrected chi connectivity index (χ3v) is 2.33. The number of ether oxygens (including phenoxy) is 3. The van der Waals surface area contributed by atoms with Gasteiger partial charge >= 0.3 is 0 Å². The second-order valence-electron chi connectivity index (χ2n) is 3.81. The maximum absolute atomic E-state index is 11.0. The van der Waals surface area contributed by atoms with Gasteiger partial charge in [0.1, 0.15) is 24.2 Å². The van der Waals surface area contributed by atoms with E-state index in [2.05, 4.69) is 5.32 Å². The molecule has 92 valence electrons. The van der Waals surface area contributed by atoms with Crippen LogP contribution in [-0.4, -0.2) is 32.3 Å². The van der Waals surface area contributed by atoms with E-state index < -0.39 is 0 Å². The van der Waals surface area contributed by atoms with Crippen LogP contribution in [0.1, 0.15) is 6.92 Å². The van der Waals surface area contributed by atoms with Gasteiger partial charge in [-0.25, -0.2) is 0 Å². The lowest BCUT2D eigenvalue weighted by Crippen LogP contribution is -2.10. The van der Waals surface area contributed by atoms with Crippen LogP contribution < -0.4 is 14.8 Å². The van der Waals surface area contributed by atoms with E-state index in [9.17, 15) is 4.79 Å². The van der Waals surface area contributed by atoms with Crippen molar-refractivity contribution in [3.63, 3.8) is 0 Å². The SMILES string of the molecule is COc1ccc(NC(C)=O)c(OCC2CO2)c1. The van der Waals surface area contributed by atoms with Crippen LogP contribution in [0.25, 0.3) is 0 Å². The number of epoxide rings is 1. The molecule has 1 fully saturated rings. The number of benzene rings is 1. The van der Waals surface area contributed by atoms with Crippen LogP contribution in [0.3, 0.4) is 0 Å². The molecule has 1 unspecified atom stereocenters. The Morgan fingerprint density at radius 2 is 2.35 bits per heavy atom. The number of hydrogen-bond donors (Lipinski definition) is 1. The fourth-order valence-electron chi connectivity index (χ4n) is 1.39. The Labute approximate surface area is 99.7 Å². The van der Waals surface area contributed by atoms with Gasteiger partial charge in [-0.1, -0.05) is 0 Å². The molecule has 0 spiro atoms. The average molecular weight is 237 g/mol. The van der Waals surface area contributed by atoms with Crippen molar-refractivity contribution in [2.75, 3.05) is 25.6 Å². The molecule has 17 heavy (non-hydrogen) atoms. The first-order chi connectivity index (χ1) is 8.19. The minimum absolute atomic E-state index is 0.136. The molecule has 1 aliphatic rings. The zero-order valence-corrected chi connectivity index (χ0v) is 9.86. The molecule has 5 heteroatoms. The maximum Gasteiger partial charge on any atom is 0.221 e. The summed E-state index contributed by atoms with van der Waals surface area (Å²) >= 11 is 0. The van der Waals surface area contributed by atoms with Gasteiger partial charge in [0.2, 0.25) is 5.91 Å². The van der Waals surface area contributed by atoms with Crippen LogP contribution in [0.5, 0.6) is 11.5 Å². The van der Waals surface area contributed by atoms with Gasteiger partial charge in [0, 0.05) is 13.0 Å². The molecule has 1 amide bonds. The number of carbonyl (C=O) groups excluding carboxylic acids is 1. The van der Waals surface area contributed by atoms with E-state index in [-0.39, 0.29) is 12.0 Å². The number of rotatable bonds is 5. The van der Waals surface area contributed by atoms with Gasteiger partial charge < -0.3 is 19.5 Å². The van der Waals surface area contributed by atoms with E-state index in [0.29, 0.717) is 23.8 Å². The van der Waals surface area contributed by atoms with E-state index in [0.717, 1.165) is 6.61 Å². The Hall–Kier alpha value is -1.75. The van der Waals surface area contributed by atoms with E-state index in [1.165, 1.54) is 6.92 Å².